The molecule has 1 aromatic heterocycles. The van der Waals surface area contributed by atoms with Crippen LogP contribution in [0.25, 0.3) is 0 Å². The summed E-state index contributed by atoms with van der Waals surface area (Å²) in [5.74, 6) is -0.595. The lowest BCUT2D eigenvalue weighted by molar-refractivity contribution is 0.0594. The predicted molar refractivity (Wildman–Crippen MR) is 139 cm³/mol. The topological polar surface area (TPSA) is 51.2 Å². The molecule has 0 bridgehead atoms. The Morgan fingerprint density at radius 2 is 1.18 bits per heavy atom. The Kier molecular flexibility index (Phi) is 8.93. The van der Waals surface area contributed by atoms with Crippen molar-refractivity contribution in [1.29, 1.82) is 0 Å². The largest absolute Gasteiger partial charge is 0.464 e. The Balaban J connectivity index is 0.000000273. The van der Waals surface area contributed by atoms with Gasteiger partial charge in [-0.2, -0.15) is 0 Å². The molecule has 0 aliphatic carbocycles. The molecule has 3 aromatic rings. The van der Waals surface area contributed by atoms with Crippen molar-refractivity contribution in [3.05, 3.63) is 87.7 Å². The second-order valence-electron chi connectivity index (χ2n) is 9.74. The Morgan fingerprint density at radius 3 is 1.55 bits per heavy atom. The average molecular weight is 487 g/mol. The highest BCUT2D eigenvalue weighted by molar-refractivity contribution is 6.34. The number of ether oxygens (including phenoxy) is 1. The summed E-state index contributed by atoms with van der Waals surface area (Å²) in [4.78, 5) is 14.7. The second-order valence-corrected chi connectivity index (χ2v) is 10.5. The lowest BCUT2D eigenvalue weighted by Gasteiger charge is -2.20. The number of nitrogens with one attached hydrogen (secondary N) is 1. The molecular formula is C27H32Cl2N2O2. The Bertz CT molecular complexity index is 1010. The van der Waals surface area contributed by atoms with Crippen LogP contribution in [0.2, 0.25) is 10.2 Å². The van der Waals surface area contributed by atoms with Crippen molar-refractivity contribution < 1.29 is 9.53 Å². The van der Waals surface area contributed by atoms with Crippen molar-refractivity contribution in [1.82, 2.24) is 4.98 Å². The standard InChI is InChI=1S/C20H27N.C7H5Cl2NO2/c1-19(2,3)15-7-11-17(12-8-15)21-18-13-9-16(10-14-18)20(4,5)6;1-12-7(11)6-4(8)2-3-5(9)10-6/h7-14,21H,1-6H3;2-3H,1H3. The van der Waals surface area contributed by atoms with Crippen molar-refractivity contribution in [2.24, 2.45) is 0 Å². The van der Waals surface area contributed by atoms with Gasteiger partial charge in [-0.1, -0.05) is 89.0 Å². The van der Waals surface area contributed by atoms with Crippen molar-refractivity contribution in [3.63, 3.8) is 0 Å². The molecule has 0 radical (unpaired) electrons. The highest BCUT2D eigenvalue weighted by atomic mass is 35.5. The highest BCUT2D eigenvalue weighted by Gasteiger charge is 2.14. The van der Waals surface area contributed by atoms with Crippen molar-refractivity contribution >= 4 is 40.5 Å². The number of hydrogen-bond donors (Lipinski definition) is 1. The van der Waals surface area contributed by atoms with Gasteiger partial charge in [0.2, 0.25) is 0 Å². The minimum Gasteiger partial charge on any atom is -0.464 e. The smallest absolute Gasteiger partial charge is 0.358 e. The summed E-state index contributed by atoms with van der Waals surface area (Å²) in [7, 11) is 1.25. The van der Waals surface area contributed by atoms with E-state index in [1.807, 2.05) is 0 Å². The molecule has 176 valence electrons. The zero-order valence-electron chi connectivity index (χ0n) is 20.3. The SMILES string of the molecule is CC(C)(C)c1ccc(Nc2ccc(C(C)(C)C)cc2)cc1.COC(=O)c1nc(Cl)ccc1Cl. The molecule has 0 spiro atoms. The molecule has 2 aromatic carbocycles. The summed E-state index contributed by atoms with van der Waals surface area (Å²) < 4.78 is 4.43. The first-order valence-electron chi connectivity index (χ1n) is 10.7. The maximum absolute atomic E-state index is 11.0. The van der Waals surface area contributed by atoms with Gasteiger partial charge in [0.25, 0.3) is 0 Å². The predicted octanol–water partition coefficient (Wildman–Crippen LogP) is 8.20. The van der Waals surface area contributed by atoms with E-state index in [2.05, 4.69) is 105 Å². The van der Waals surface area contributed by atoms with Crippen LogP contribution in [0.5, 0.6) is 0 Å². The molecule has 0 fully saturated rings. The first kappa shape index (κ1) is 26.7. The molecule has 6 heteroatoms. The van der Waals surface area contributed by atoms with Gasteiger partial charge in [-0.3, -0.25) is 0 Å². The summed E-state index contributed by atoms with van der Waals surface area (Å²) in [6.07, 6.45) is 0. The zero-order valence-corrected chi connectivity index (χ0v) is 21.8. The summed E-state index contributed by atoms with van der Waals surface area (Å²) >= 11 is 11.2. The fraction of sp³-hybridized carbons (Fsp3) is 0.333. The van der Waals surface area contributed by atoms with E-state index in [9.17, 15) is 4.79 Å². The number of halogens is 2. The van der Waals surface area contributed by atoms with Gasteiger partial charge in [-0.05, 0) is 58.4 Å². The first-order valence-corrected chi connectivity index (χ1v) is 11.5. The normalized spacial score (nSPS) is 11.3. The molecule has 0 saturated carbocycles. The third-order valence-corrected chi connectivity index (χ3v) is 5.50. The van der Waals surface area contributed by atoms with Crippen LogP contribution in [0.3, 0.4) is 0 Å². The van der Waals surface area contributed by atoms with Crippen molar-refractivity contribution in [2.45, 2.75) is 52.4 Å². The second kappa shape index (κ2) is 11.0. The number of benzene rings is 2. The van der Waals surface area contributed by atoms with Crippen LogP contribution in [-0.2, 0) is 15.6 Å². The van der Waals surface area contributed by atoms with Crippen LogP contribution in [0.15, 0.2) is 60.7 Å². The van der Waals surface area contributed by atoms with Gasteiger partial charge in [0, 0.05) is 11.4 Å². The average Bonchev–Trinajstić information content (AvgIpc) is 2.75. The minimum atomic E-state index is -0.595. The fourth-order valence-electron chi connectivity index (χ4n) is 2.93. The van der Waals surface area contributed by atoms with E-state index < -0.39 is 5.97 Å². The van der Waals surface area contributed by atoms with Gasteiger partial charge in [-0.15, -0.1) is 0 Å². The quantitative estimate of drug-likeness (QED) is 0.299. The van der Waals surface area contributed by atoms with E-state index in [1.165, 1.54) is 30.4 Å². The Labute approximate surface area is 207 Å². The van der Waals surface area contributed by atoms with Crippen LogP contribution < -0.4 is 5.32 Å². The molecule has 4 nitrogen and oxygen atoms in total. The lowest BCUT2D eigenvalue weighted by Crippen LogP contribution is -2.11. The van der Waals surface area contributed by atoms with Gasteiger partial charge >= 0.3 is 5.97 Å². The van der Waals surface area contributed by atoms with Crippen molar-refractivity contribution in [3.8, 4) is 0 Å². The van der Waals surface area contributed by atoms with Gasteiger partial charge < -0.3 is 10.1 Å². The van der Waals surface area contributed by atoms with E-state index in [0.29, 0.717) is 0 Å². The van der Waals surface area contributed by atoms with Gasteiger partial charge in [0.15, 0.2) is 5.69 Å². The molecule has 1 heterocycles. The molecule has 0 aliphatic heterocycles. The Hall–Kier alpha value is -2.56. The van der Waals surface area contributed by atoms with Crippen LogP contribution in [-0.4, -0.2) is 18.1 Å². The summed E-state index contributed by atoms with van der Waals surface area (Å²) in [5, 5.41) is 3.90. The lowest BCUT2D eigenvalue weighted by atomic mass is 9.87. The highest BCUT2D eigenvalue weighted by Crippen LogP contribution is 2.27. The summed E-state index contributed by atoms with van der Waals surface area (Å²) in [5.41, 5.74) is 5.41. The number of hydrogen-bond acceptors (Lipinski definition) is 4. The molecule has 1 N–H and O–H groups in total. The Morgan fingerprint density at radius 1 is 0.758 bits per heavy atom. The third-order valence-electron chi connectivity index (χ3n) is 4.98. The number of nitrogens with zero attached hydrogens (tertiary/aromatic N) is 1. The van der Waals surface area contributed by atoms with Crippen molar-refractivity contribution in [2.75, 3.05) is 12.4 Å². The number of esters is 1. The van der Waals surface area contributed by atoms with Crippen LogP contribution in [0.4, 0.5) is 11.4 Å². The van der Waals surface area contributed by atoms with Crippen LogP contribution >= 0.6 is 23.2 Å². The number of rotatable bonds is 3. The molecule has 0 aliphatic rings. The number of anilines is 2. The number of methoxy groups -OCH3 is 1. The van der Waals surface area contributed by atoms with Gasteiger partial charge in [0.1, 0.15) is 5.15 Å². The number of carbonyl (C=O) groups is 1. The maximum Gasteiger partial charge on any atom is 0.358 e. The third kappa shape index (κ3) is 8.06. The number of pyridine rings is 1. The fourth-order valence-corrected chi connectivity index (χ4v) is 3.26. The maximum atomic E-state index is 11.0. The molecule has 3 rings (SSSR count). The molecule has 0 amide bonds. The molecule has 0 unspecified atom stereocenters. The molecule has 0 saturated heterocycles. The summed E-state index contributed by atoms with van der Waals surface area (Å²) in [6, 6.07) is 20.4. The van der Waals surface area contributed by atoms with E-state index in [-0.39, 0.29) is 26.7 Å². The van der Waals surface area contributed by atoms with Crippen LogP contribution in [0, 0.1) is 0 Å². The van der Waals surface area contributed by atoms with Gasteiger partial charge in [-0.25, -0.2) is 9.78 Å². The number of carbonyl (C=O) groups excluding carboxylic acids is 1. The summed E-state index contributed by atoms with van der Waals surface area (Å²) in [6.45, 7) is 13.4. The minimum absolute atomic E-state index is 0.0340. The monoisotopic (exact) mass is 486 g/mol. The van der Waals surface area contributed by atoms with E-state index in [1.54, 1.807) is 0 Å². The first-order chi connectivity index (χ1) is 15.3. The van der Waals surface area contributed by atoms with E-state index in [0.717, 1.165) is 11.4 Å². The molecule has 0 atom stereocenters. The molecule has 33 heavy (non-hydrogen) atoms. The molecular weight excluding hydrogens is 455 g/mol. The van der Waals surface area contributed by atoms with Crippen LogP contribution in [0.1, 0.15) is 63.2 Å². The van der Waals surface area contributed by atoms with E-state index in [4.69, 9.17) is 23.2 Å². The van der Waals surface area contributed by atoms with Gasteiger partial charge in [0.05, 0.1) is 12.1 Å². The number of aromatic nitrogens is 1. The van der Waals surface area contributed by atoms with E-state index >= 15 is 0 Å². The zero-order chi connectivity index (χ0) is 24.8.